The zero-order valence-electron chi connectivity index (χ0n) is 23.5. The summed E-state index contributed by atoms with van der Waals surface area (Å²) in [6.07, 6.45) is 2.82. The van der Waals surface area contributed by atoms with Crippen molar-refractivity contribution in [3.05, 3.63) is 130 Å². The summed E-state index contributed by atoms with van der Waals surface area (Å²) in [6.45, 7) is 0. The number of aromatic nitrogens is 4. The van der Waals surface area contributed by atoms with Gasteiger partial charge in [0.25, 0.3) is 5.56 Å². The number of halogens is 4. The number of rotatable bonds is 5. The van der Waals surface area contributed by atoms with Crippen molar-refractivity contribution in [1.82, 2.24) is 25.1 Å². The van der Waals surface area contributed by atoms with Gasteiger partial charge in [0, 0.05) is 57.9 Å². The van der Waals surface area contributed by atoms with Gasteiger partial charge in [-0.1, -0.05) is 72.3 Å². The minimum Gasteiger partial charge on any atom is -0.329 e. The number of pyridine rings is 2. The molecule has 1 amide bonds. The number of carbonyl (C=O) groups excluding carboxylic acids is 1. The van der Waals surface area contributed by atoms with Crippen LogP contribution < -0.4 is 10.9 Å². The number of nitrogens with one attached hydrogen (secondary N) is 2. The van der Waals surface area contributed by atoms with E-state index in [1.54, 1.807) is 72.4 Å². The number of carbonyl (C=O) groups is 1. The van der Waals surface area contributed by atoms with E-state index < -0.39 is 24.2 Å². The SMILES string of the molecule is N#CC(NC(=O)C(F)(F)F)c1cncc2ccccc12.N#CC(c1cncc2ccccc12)n1cc(-c2cccc(Cl)c2)c(=O)[nH]1. The number of fused-ring (bicyclic) bond motifs is 2. The first-order valence-corrected chi connectivity index (χ1v) is 13.9. The number of hydrogen-bond donors (Lipinski definition) is 2. The lowest BCUT2D eigenvalue weighted by Crippen LogP contribution is -2.38. The van der Waals surface area contributed by atoms with Crippen molar-refractivity contribution >= 4 is 39.1 Å². The number of benzene rings is 3. The highest BCUT2D eigenvalue weighted by Gasteiger charge is 2.40. The molecule has 0 bridgehead atoms. The number of alkyl halides is 3. The quantitative estimate of drug-likeness (QED) is 0.217. The Bertz CT molecular complexity index is 2190. The second-order valence-corrected chi connectivity index (χ2v) is 10.3. The summed E-state index contributed by atoms with van der Waals surface area (Å²) in [7, 11) is 0. The monoisotopic (exact) mass is 639 g/mol. The Balaban J connectivity index is 0.000000188. The Hall–Kier alpha value is -5.98. The summed E-state index contributed by atoms with van der Waals surface area (Å²) in [5.74, 6) is -2.16. The van der Waals surface area contributed by atoms with Crippen molar-refractivity contribution in [3.8, 4) is 23.3 Å². The van der Waals surface area contributed by atoms with E-state index in [4.69, 9.17) is 16.9 Å². The average molecular weight is 640 g/mol. The third kappa shape index (κ3) is 6.73. The summed E-state index contributed by atoms with van der Waals surface area (Å²) < 4.78 is 38.2. The van der Waals surface area contributed by atoms with E-state index in [0.29, 0.717) is 26.9 Å². The van der Waals surface area contributed by atoms with Crippen molar-refractivity contribution in [3.63, 3.8) is 0 Å². The third-order valence-electron chi connectivity index (χ3n) is 6.95. The highest BCUT2D eigenvalue weighted by Crippen LogP contribution is 2.27. The van der Waals surface area contributed by atoms with Crippen LogP contribution in [0, 0.1) is 22.7 Å². The molecule has 6 rings (SSSR count). The van der Waals surface area contributed by atoms with Gasteiger partial charge in [-0.05, 0) is 28.5 Å². The molecule has 0 fully saturated rings. The standard InChI is InChI=1S/C20H13ClN4O.C13H8F3N3O/c21-15-6-3-5-13(8-15)18-12-25(24-20(18)26)19(9-22)17-11-23-10-14-4-1-2-7-16(14)17;14-13(15,16)12(20)19-11(5-17)10-7-18-6-8-3-1-2-4-9(8)10/h1-8,10-12,19H,(H,24,26);1-4,6-7,11H,(H,19,20). The van der Waals surface area contributed by atoms with Gasteiger partial charge in [-0.2, -0.15) is 23.7 Å². The summed E-state index contributed by atoms with van der Waals surface area (Å²) in [4.78, 5) is 31.5. The molecular weight excluding hydrogens is 619 g/mol. The number of nitriles is 2. The van der Waals surface area contributed by atoms with Crippen molar-refractivity contribution in [2.75, 3.05) is 0 Å². The van der Waals surface area contributed by atoms with Crippen LogP contribution in [0.15, 0.2) is 109 Å². The zero-order chi connectivity index (χ0) is 32.8. The van der Waals surface area contributed by atoms with Gasteiger partial charge >= 0.3 is 12.1 Å². The summed E-state index contributed by atoms with van der Waals surface area (Å²) in [6, 6.07) is 23.3. The first-order valence-electron chi connectivity index (χ1n) is 13.5. The van der Waals surface area contributed by atoms with Crippen molar-refractivity contribution < 1.29 is 18.0 Å². The topological polar surface area (TPSA) is 140 Å². The predicted octanol–water partition coefficient (Wildman–Crippen LogP) is 6.64. The molecule has 13 heteroatoms. The molecule has 0 spiro atoms. The fraction of sp³-hybridized carbons (Fsp3) is 0.0909. The van der Waals surface area contributed by atoms with Crippen LogP contribution in [0.5, 0.6) is 0 Å². The van der Waals surface area contributed by atoms with Gasteiger partial charge in [0.1, 0.15) is 6.04 Å². The minimum atomic E-state index is -5.03. The minimum absolute atomic E-state index is 0.225. The van der Waals surface area contributed by atoms with Crippen molar-refractivity contribution in [2.24, 2.45) is 0 Å². The van der Waals surface area contributed by atoms with Crippen LogP contribution in [0.4, 0.5) is 13.2 Å². The van der Waals surface area contributed by atoms with Crippen LogP contribution in [0.1, 0.15) is 23.2 Å². The van der Waals surface area contributed by atoms with Crippen LogP contribution >= 0.6 is 11.6 Å². The Kier molecular flexibility index (Phi) is 9.12. The second-order valence-electron chi connectivity index (χ2n) is 9.87. The lowest BCUT2D eigenvalue weighted by Gasteiger charge is -2.15. The Labute approximate surface area is 264 Å². The highest BCUT2D eigenvalue weighted by molar-refractivity contribution is 6.30. The lowest BCUT2D eigenvalue weighted by molar-refractivity contribution is -0.174. The molecule has 0 aliphatic rings. The van der Waals surface area contributed by atoms with E-state index in [9.17, 15) is 28.0 Å². The molecule has 0 radical (unpaired) electrons. The third-order valence-corrected chi connectivity index (χ3v) is 7.18. The fourth-order valence-electron chi connectivity index (χ4n) is 4.81. The first-order chi connectivity index (χ1) is 22.1. The molecule has 46 heavy (non-hydrogen) atoms. The Morgan fingerprint density at radius 2 is 1.48 bits per heavy atom. The van der Waals surface area contributed by atoms with Gasteiger partial charge in [-0.3, -0.25) is 29.3 Å². The molecule has 6 aromatic rings. The van der Waals surface area contributed by atoms with Gasteiger partial charge in [-0.25, -0.2) is 0 Å². The van der Waals surface area contributed by atoms with Gasteiger partial charge in [-0.15, -0.1) is 0 Å². The zero-order valence-corrected chi connectivity index (χ0v) is 24.3. The lowest BCUT2D eigenvalue weighted by atomic mass is 10.0. The van der Waals surface area contributed by atoms with Gasteiger partial charge in [0.2, 0.25) is 0 Å². The van der Waals surface area contributed by atoms with E-state index in [1.807, 2.05) is 30.3 Å². The van der Waals surface area contributed by atoms with Gasteiger partial charge in [0.15, 0.2) is 6.04 Å². The highest BCUT2D eigenvalue weighted by atomic mass is 35.5. The Morgan fingerprint density at radius 1 is 0.870 bits per heavy atom. The maximum absolute atomic E-state index is 12.4. The van der Waals surface area contributed by atoms with E-state index in [-0.39, 0.29) is 11.1 Å². The number of nitrogens with zero attached hydrogens (tertiary/aromatic N) is 5. The number of aromatic amines is 1. The van der Waals surface area contributed by atoms with E-state index in [2.05, 4.69) is 21.1 Å². The van der Waals surface area contributed by atoms with Crippen molar-refractivity contribution in [1.29, 1.82) is 10.5 Å². The molecule has 0 saturated carbocycles. The van der Waals surface area contributed by atoms with Crippen LogP contribution in [0.3, 0.4) is 0 Å². The summed E-state index contributed by atoms with van der Waals surface area (Å²) in [5, 5.41) is 26.8. The molecule has 2 atom stereocenters. The van der Waals surface area contributed by atoms with Gasteiger partial charge in [0.05, 0.1) is 17.7 Å². The average Bonchev–Trinajstić information content (AvgIpc) is 3.44. The predicted molar refractivity (Wildman–Crippen MR) is 165 cm³/mol. The van der Waals surface area contributed by atoms with Crippen molar-refractivity contribution in [2.45, 2.75) is 18.3 Å². The molecule has 2 N–H and O–H groups in total. The molecule has 0 aliphatic carbocycles. The number of amides is 1. The van der Waals surface area contributed by atoms with Crippen LogP contribution in [0.25, 0.3) is 32.7 Å². The number of H-pyrrole nitrogens is 1. The van der Waals surface area contributed by atoms with Crippen LogP contribution in [-0.2, 0) is 4.79 Å². The number of hydrogen-bond acceptors (Lipinski definition) is 6. The van der Waals surface area contributed by atoms with E-state index in [1.165, 1.54) is 17.1 Å². The molecule has 3 aromatic heterocycles. The maximum atomic E-state index is 12.4. The molecule has 9 nitrogen and oxygen atoms in total. The van der Waals surface area contributed by atoms with Crippen LogP contribution in [0.2, 0.25) is 5.02 Å². The molecule has 3 aromatic carbocycles. The Morgan fingerprint density at radius 3 is 2.07 bits per heavy atom. The second kappa shape index (κ2) is 13.3. The first kappa shape index (κ1) is 31.4. The van der Waals surface area contributed by atoms with Crippen LogP contribution in [-0.4, -0.2) is 31.8 Å². The molecule has 0 saturated heterocycles. The molecule has 228 valence electrons. The smallest absolute Gasteiger partial charge is 0.329 e. The largest absolute Gasteiger partial charge is 0.471 e. The molecule has 2 unspecified atom stereocenters. The molecule has 0 aliphatic heterocycles. The van der Waals surface area contributed by atoms with Gasteiger partial charge < -0.3 is 5.32 Å². The molecular formula is C33H21ClF3N7O2. The summed E-state index contributed by atoms with van der Waals surface area (Å²) >= 11 is 6.03. The van der Waals surface area contributed by atoms with E-state index in [0.717, 1.165) is 16.3 Å². The maximum Gasteiger partial charge on any atom is 0.471 e. The van der Waals surface area contributed by atoms with E-state index >= 15 is 0 Å². The normalized spacial score (nSPS) is 12.3. The molecule has 3 heterocycles. The fourth-order valence-corrected chi connectivity index (χ4v) is 5.00. The summed E-state index contributed by atoms with van der Waals surface area (Å²) in [5.41, 5.74) is 1.84.